The van der Waals surface area contributed by atoms with Gasteiger partial charge in [0.05, 0.1) is 12.2 Å². The van der Waals surface area contributed by atoms with Gasteiger partial charge in [0.2, 0.25) is 5.95 Å². The monoisotopic (exact) mass is 274 g/mol. The molecule has 1 aromatic carbocycles. The number of halogens is 1. The minimum absolute atomic E-state index is 0.0703. The molecule has 0 spiro atoms. The van der Waals surface area contributed by atoms with E-state index in [4.69, 9.17) is 17.3 Å². The third kappa shape index (κ3) is 2.24. The predicted octanol–water partition coefficient (Wildman–Crippen LogP) is 1.87. The Balaban J connectivity index is 1.85. The normalized spacial score (nSPS) is 13.4. The lowest BCUT2D eigenvalue weighted by Crippen LogP contribution is -2.25. The van der Waals surface area contributed by atoms with E-state index in [1.54, 1.807) is 35.4 Å². The summed E-state index contributed by atoms with van der Waals surface area (Å²) in [7, 11) is 0. The van der Waals surface area contributed by atoms with Gasteiger partial charge in [0.15, 0.2) is 0 Å². The minimum atomic E-state index is -0.0703. The van der Waals surface area contributed by atoms with E-state index in [1.807, 2.05) is 0 Å². The molecule has 0 radical (unpaired) electrons. The Morgan fingerprint density at radius 2 is 2.21 bits per heavy atom. The maximum absolute atomic E-state index is 12.3. The maximum atomic E-state index is 12.3. The molecule has 0 saturated carbocycles. The van der Waals surface area contributed by atoms with E-state index in [0.717, 1.165) is 11.3 Å². The number of aromatic nitrogens is 2. The first kappa shape index (κ1) is 11.9. The van der Waals surface area contributed by atoms with Gasteiger partial charge < -0.3 is 10.6 Å². The zero-order valence-corrected chi connectivity index (χ0v) is 10.8. The van der Waals surface area contributed by atoms with Gasteiger partial charge >= 0.3 is 0 Å². The molecular formula is C13H11ClN4O. The number of amides is 1. The summed E-state index contributed by atoms with van der Waals surface area (Å²) in [4.78, 5) is 22.1. The fourth-order valence-electron chi connectivity index (χ4n) is 2.12. The van der Waals surface area contributed by atoms with Crippen LogP contribution in [0.2, 0.25) is 5.02 Å². The van der Waals surface area contributed by atoms with Gasteiger partial charge in [0, 0.05) is 28.9 Å². The van der Waals surface area contributed by atoms with Crippen molar-refractivity contribution >= 4 is 23.5 Å². The van der Waals surface area contributed by atoms with Crippen LogP contribution in [0.4, 0.5) is 5.95 Å². The second-order valence-electron chi connectivity index (χ2n) is 4.37. The highest BCUT2D eigenvalue weighted by atomic mass is 35.5. The maximum Gasteiger partial charge on any atom is 0.254 e. The molecule has 5 nitrogen and oxygen atoms in total. The van der Waals surface area contributed by atoms with Crippen molar-refractivity contribution < 1.29 is 4.79 Å². The molecule has 2 N–H and O–H groups in total. The van der Waals surface area contributed by atoms with Crippen molar-refractivity contribution in [1.82, 2.24) is 14.9 Å². The Kier molecular flexibility index (Phi) is 2.83. The standard InChI is InChI=1S/C13H11ClN4O/c14-10-3-1-2-8(4-10)12(19)18-6-9-5-16-13(15)17-11(9)7-18/h1-5H,6-7H2,(H2,15,16,17). The average molecular weight is 275 g/mol. The average Bonchev–Trinajstić information content (AvgIpc) is 2.80. The van der Waals surface area contributed by atoms with Crippen molar-refractivity contribution in [3.05, 3.63) is 52.3 Å². The largest absolute Gasteiger partial charge is 0.368 e. The third-order valence-electron chi connectivity index (χ3n) is 3.03. The van der Waals surface area contributed by atoms with Crippen LogP contribution < -0.4 is 5.73 Å². The van der Waals surface area contributed by atoms with Crippen LogP contribution in [-0.2, 0) is 13.1 Å². The smallest absolute Gasteiger partial charge is 0.254 e. The summed E-state index contributed by atoms with van der Waals surface area (Å²) in [6, 6.07) is 6.91. The molecule has 0 atom stereocenters. The van der Waals surface area contributed by atoms with Gasteiger partial charge in [-0.05, 0) is 18.2 Å². The molecule has 96 valence electrons. The summed E-state index contributed by atoms with van der Waals surface area (Å²) in [5, 5.41) is 0.548. The van der Waals surface area contributed by atoms with Crippen molar-refractivity contribution in [1.29, 1.82) is 0 Å². The molecule has 1 amide bonds. The quantitative estimate of drug-likeness (QED) is 0.862. The van der Waals surface area contributed by atoms with E-state index < -0.39 is 0 Å². The van der Waals surface area contributed by atoms with Crippen LogP contribution in [0.3, 0.4) is 0 Å². The number of benzene rings is 1. The van der Waals surface area contributed by atoms with E-state index in [1.165, 1.54) is 0 Å². The fraction of sp³-hybridized carbons (Fsp3) is 0.154. The number of nitrogen functional groups attached to an aromatic ring is 1. The zero-order valence-electron chi connectivity index (χ0n) is 10.0. The van der Waals surface area contributed by atoms with Gasteiger partial charge in [-0.25, -0.2) is 9.97 Å². The number of hydrogen-bond donors (Lipinski definition) is 1. The van der Waals surface area contributed by atoms with Crippen LogP contribution in [0, 0.1) is 0 Å². The lowest BCUT2D eigenvalue weighted by Gasteiger charge is -2.15. The minimum Gasteiger partial charge on any atom is -0.368 e. The molecule has 0 bridgehead atoms. The SMILES string of the molecule is Nc1ncc2c(n1)CN(C(=O)c1cccc(Cl)c1)C2. The molecule has 1 aliphatic heterocycles. The number of nitrogens with two attached hydrogens (primary N) is 1. The summed E-state index contributed by atoms with van der Waals surface area (Å²) in [6.45, 7) is 0.953. The number of rotatable bonds is 1. The summed E-state index contributed by atoms with van der Waals surface area (Å²) >= 11 is 5.90. The van der Waals surface area contributed by atoms with Gasteiger partial charge in [-0.1, -0.05) is 17.7 Å². The van der Waals surface area contributed by atoms with E-state index in [0.29, 0.717) is 23.7 Å². The Labute approximate surface area is 115 Å². The number of hydrogen-bond acceptors (Lipinski definition) is 4. The molecule has 2 aromatic rings. The Hall–Kier alpha value is -2.14. The zero-order chi connectivity index (χ0) is 13.4. The van der Waals surface area contributed by atoms with E-state index in [-0.39, 0.29) is 11.9 Å². The van der Waals surface area contributed by atoms with Gasteiger partial charge in [0.1, 0.15) is 0 Å². The molecule has 0 aliphatic carbocycles. The molecule has 2 heterocycles. The molecule has 19 heavy (non-hydrogen) atoms. The Bertz CT molecular complexity index is 659. The predicted molar refractivity (Wildman–Crippen MR) is 71.5 cm³/mol. The third-order valence-corrected chi connectivity index (χ3v) is 3.27. The number of carbonyl (C=O) groups is 1. The summed E-state index contributed by atoms with van der Waals surface area (Å²) in [6.07, 6.45) is 1.67. The summed E-state index contributed by atoms with van der Waals surface area (Å²) in [5.74, 6) is 0.162. The van der Waals surface area contributed by atoms with Crippen LogP contribution in [0.15, 0.2) is 30.5 Å². The highest BCUT2D eigenvalue weighted by molar-refractivity contribution is 6.30. The first-order valence-corrected chi connectivity index (χ1v) is 6.16. The molecule has 6 heteroatoms. The van der Waals surface area contributed by atoms with Crippen molar-refractivity contribution in [2.45, 2.75) is 13.1 Å². The molecule has 0 unspecified atom stereocenters. The molecular weight excluding hydrogens is 264 g/mol. The van der Waals surface area contributed by atoms with Crippen molar-refractivity contribution in [3.8, 4) is 0 Å². The topological polar surface area (TPSA) is 72.1 Å². The second-order valence-corrected chi connectivity index (χ2v) is 4.81. The highest BCUT2D eigenvalue weighted by Gasteiger charge is 2.25. The van der Waals surface area contributed by atoms with Gasteiger partial charge in [0.25, 0.3) is 5.91 Å². The molecule has 0 fully saturated rings. The molecule has 0 saturated heterocycles. The summed E-state index contributed by atoms with van der Waals surface area (Å²) < 4.78 is 0. The van der Waals surface area contributed by atoms with Crippen molar-refractivity contribution in [2.24, 2.45) is 0 Å². The lowest BCUT2D eigenvalue weighted by atomic mass is 10.2. The lowest BCUT2D eigenvalue weighted by molar-refractivity contribution is 0.0750. The Morgan fingerprint density at radius 3 is 3.00 bits per heavy atom. The van der Waals surface area contributed by atoms with E-state index in [9.17, 15) is 4.79 Å². The van der Waals surface area contributed by atoms with Crippen LogP contribution in [0.25, 0.3) is 0 Å². The first-order chi connectivity index (χ1) is 9.13. The van der Waals surface area contributed by atoms with Gasteiger partial charge in [-0.3, -0.25) is 4.79 Å². The van der Waals surface area contributed by atoms with E-state index >= 15 is 0 Å². The van der Waals surface area contributed by atoms with Gasteiger partial charge in [-0.15, -0.1) is 0 Å². The number of nitrogens with zero attached hydrogens (tertiary/aromatic N) is 3. The van der Waals surface area contributed by atoms with Crippen molar-refractivity contribution in [3.63, 3.8) is 0 Å². The van der Waals surface area contributed by atoms with Crippen molar-refractivity contribution in [2.75, 3.05) is 5.73 Å². The first-order valence-electron chi connectivity index (χ1n) is 5.78. The second kappa shape index (κ2) is 4.51. The summed E-state index contributed by atoms with van der Waals surface area (Å²) in [5.41, 5.74) is 7.85. The Morgan fingerprint density at radius 1 is 1.37 bits per heavy atom. The molecule has 1 aliphatic rings. The number of fused-ring (bicyclic) bond motifs is 1. The van der Waals surface area contributed by atoms with Gasteiger partial charge in [-0.2, -0.15) is 0 Å². The molecule has 1 aromatic heterocycles. The molecule has 3 rings (SSSR count). The number of anilines is 1. The van der Waals surface area contributed by atoms with Crippen LogP contribution >= 0.6 is 11.6 Å². The van der Waals surface area contributed by atoms with Crippen LogP contribution in [-0.4, -0.2) is 20.8 Å². The van der Waals surface area contributed by atoms with Crippen LogP contribution in [0.1, 0.15) is 21.6 Å². The van der Waals surface area contributed by atoms with Crippen LogP contribution in [0.5, 0.6) is 0 Å². The highest BCUT2D eigenvalue weighted by Crippen LogP contribution is 2.23. The van der Waals surface area contributed by atoms with E-state index in [2.05, 4.69) is 9.97 Å². The number of carbonyl (C=O) groups excluding carboxylic acids is 1. The fourth-order valence-corrected chi connectivity index (χ4v) is 2.31.